The molecule has 1 aliphatic rings. The zero-order chi connectivity index (χ0) is 24.5. The van der Waals surface area contributed by atoms with Gasteiger partial charge in [-0.3, -0.25) is 9.62 Å². The Balaban J connectivity index is 1.59. The number of hydrogen-bond donors (Lipinski definition) is 2. The maximum absolute atomic E-state index is 14.9. The zero-order valence-electron chi connectivity index (χ0n) is 17.8. The molecule has 0 bridgehead atoms. The van der Waals surface area contributed by atoms with Crippen LogP contribution in [-0.2, 0) is 16.8 Å². The van der Waals surface area contributed by atoms with Gasteiger partial charge in [0.1, 0.15) is 5.75 Å². The fourth-order valence-electron chi connectivity index (χ4n) is 3.22. The highest BCUT2D eigenvalue weighted by molar-refractivity contribution is 7.90. The summed E-state index contributed by atoms with van der Waals surface area (Å²) in [6, 6.07) is 6.01. The molecule has 1 aromatic carbocycles. The number of pyridine rings is 1. The van der Waals surface area contributed by atoms with Crippen molar-refractivity contribution in [3.63, 3.8) is 0 Å². The number of rotatable bonds is 7. The summed E-state index contributed by atoms with van der Waals surface area (Å²) >= 11 is 0. The second-order valence-electron chi connectivity index (χ2n) is 7.10. The molecule has 0 unspecified atom stereocenters. The molecule has 178 valence electrons. The molecule has 0 saturated carbocycles. The number of hydrogen-bond acceptors (Lipinski definition) is 8. The second-order valence-corrected chi connectivity index (χ2v) is 8.72. The van der Waals surface area contributed by atoms with E-state index in [9.17, 15) is 22.0 Å². The van der Waals surface area contributed by atoms with Crippen LogP contribution in [0.25, 0.3) is 0 Å². The predicted octanol–water partition coefficient (Wildman–Crippen LogP) is 2.89. The van der Waals surface area contributed by atoms with Crippen molar-refractivity contribution in [1.82, 2.24) is 24.8 Å². The summed E-state index contributed by atoms with van der Waals surface area (Å²) in [6.07, 6.45) is 1.80. The van der Waals surface area contributed by atoms with Crippen LogP contribution < -0.4 is 18.9 Å². The molecule has 4 rings (SSSR count). The van der Waals surface area contributed by atoms with Crippen LogP contribution in [0.1, 0.15) is 24.1 Å². The number of carbonyl (C=O) groups excluding carboxylic acids is 1. The number of carbonyl (C=O) groups is 1. The molecule has 2 aromatic heterocycles. The molecule has 0 aliphatic carbocycles. The van der Waals surface area contributed by atoms with Gasteiger partial charge in [0, 0.05) is 42.7 Å². The molecule has 0 saturated heterocycles. The van der Waals surface area contributed by atoms with Crippen LogP contribution >= 0.6 is 0 Å². The maximum atomic E-state index is 14.9. The molecule has 1 aliphatic heterocycles. The van der Waals surface area contributed by atoms with E-state index in [1.165, 1.54) is 35.5 Å². The first kappa shape index (κ1) is 23.3. The molecule has 1 atom stereocenters. The van der Waals surface area contributed by atoms with Gasteiger partial charge in [0.25, 0.3) is 10.2 Å². The number of nitrogens with zero attached hydrogens (tertiary/aromatic N) is 4. The number of fused-ring (bicyclic) bond motifs is 1. The Kier molecular flexibility index (Phi) is 6.26. The van der Waals surface area contributed by atoms with Gasteiger partial charge in [0.2, 0.25) is 5.88 Å². The summed E-state index contributed by atoms with van der Waals surface area (Å²) in [5.74, 6) is -2.32. The molecule has 0 spiro atoms. The normalized spacial score (nSPS) is 15.5. The van der Waals surface area contributed by atoms with E-state index in [-0.39, 0.29) is 29.5 Å². The first-order valence-electron chi connectivity index (χ1n) is 9.80. The van der Waals surface area contributed by atoms with Crippen LogP contribution in [0.15, 0.2) is 42.7 Å². The van der Waals surface area contributed by atoms with Crippen molar-refractivity contribution in [2.45, 2.75) is 19.5 Å². The Hall–Kier alpha value is -3.91. The van der Waals surface area contributed by atoms with Gasteiger partial charge >= 0.3 is 6.09 Å². The van der Waals surface area contributed by atoms with E-state index in [4.69, 9.17) is 9.47 Å². The summed E-state index contributed by atoms with van der Waals surface area (Å²) < 4.78 is 67.6. The molecule has 3 heterocycles. The third-order valence-corrected chi connectivity index (χ3v) is 5.99. The monoisotopic (exact) mass is 492 g/mol. The average Bonchev–Trinajstić information content (AvgIpc) is 2.81. The minimum absolute atomic E-state index is 0.0286. The maximum Gasteiger partial charge on any atom is 0.416 e. The van der Waals surface area contributed by atoms with Gasteiger partial charge in [-0.25, -0.2) is 23.3 Å². The van der Waals surface area contributed by atoms with Gasteiger partial charge < -0.3 is 9.47 Å². The van der Waals surface area contributed by atoms with Crippen molar-refractivity contribution in [1.29, 1.82) is 0 Å². The smallest absolute Gasteiger partial charge is 0.416 e. The molecule has 11 nitrogen and oxygen atoms in total. The molecule has 0 radical (unpaired) electrons. The second kappa shape index (κ2) is 9.15. The average molecular weight is 492 g/mol. The summed E-state index contributed by atoms with van der Waals surface area (Å²) in [4.78, 5) is 17.5. The fourth-order valence-corrected chi connectivity index (χ4v) is 3.72. The van der Waals surface area contributed by atoms with Crippen LogP contribution in [-0.4, -0.2) is 41.6 Å². The molecule has 1 amide bonds. The Morgan fingerprint density at radius 2 is 2.03 bits per heavy atom. The molecule has 0 fully saturated rings. The minimum Gasteiger partial charge on any atom is -0.434 e. The Bertz CT molecular complexity index is 1340. The highest BCUT2D eigenvalue weighted by Crippen LogP contribution is 2.40. The summed E-state index contributed by atoms with van der Waals surface area (Å²) in [5, 5.41) is 7.36. The van der Waals surface area contributed by atoms with Gasteiger partial charge in [0.05, 0.1) is 12.6 Å². The van der Waals surface area contributed by atoms with Crippen molar-refractivity contribution in [3.05, 3.63) is 65.5 Å². The molecule has 34 heavy (non-hydrogen) atoms. The summed E-state index contributed by atoms with van der Waals surface area (Å²) in [6.45, 7) is 1.33. The zero-order valence-corrected chi connectivity index (χ0v) is 18.6. The minimum atomic E-state index is -4.01. The third kappa shape index (κ3) is 4.72. The topological polar surface area (TPSA) is 136 Å². The molecule has 2 N–H and O–H groups in total. The standard InChI is InChI=1S/C20H18F2N6O5S/c1-11-13-8-14(21)16(32-17-4-3-6-25-26-17)9-15(13)33-20(29)28(11)10-12-5-7-24-19(18(12)22)27-34(30,31)23-2/h3-9,11,23H,10H2,1-2H3,(H,24,27)/t11-/m1/s1. The van der Waals surface area contributed by atoms with Crippen LogP contribution in [0.3, 0.4) is 0 Å². The van der Waals surface area contributed by atoms with Crippen LogP contribution in [0.5, 0.6) is 17.4 Å². The van der Waals surface area contributed by atoms with Gasteiger partial charge in [-0.1, -0.05) is 0 Å². The van der Waals surface area contributed by atoms with E-state index < -0.39 is 39.8 Å². The van der Waals surface area contributed by atoms with Crippen LogP contribution in [0.4, 0.5) is 19.4 Å². The van der Waals surface area contributed by atoms with E-state index in [2.05, 4.69) is 15.2 Å². The number of benzene rings is 1. The Labute approximate surface area is 192 Å². The number of aromatic nitrogens is 3. The quantitative estimate of drug-likeness (QED) is 0.514. The number of halogens is 2. The van der Waals surface area contributed by atoms with E-state index in [1.807, 2.05) is 9.44 Å². The van der Waals surface area contributed by atoms with Gasteiger partial charge in [-0.05, 0) is 25.1 Å². The lowest BCUT2D eigenvalue weighted by atomic mass is 10.0. The first-order chi connectivity index (χ1) is 16.2. The Morgan fingerprint density at radius 3 is 2.74 bits per heavy atom. The number of anilines is 1. The lowest BCUT2D eigenvalue weighted by Gasteiger charge is -2.34. The molecule has 14 heteroatoms. The highest BCUT2D eigenvalue weighted by Gasteiger charge is 2.34. The van der Waals surface area contributed by atoms with E-state index in [0.717, 1.165) is 13.1 Å². The van der Waals surface area contributed by atoms with Crippen LogP contribution in [0.2, 0.25) is 0 Å². The lowest BCUT2D eigenvalue weighted by Crippen LogP contribution is -2.39. The summed E-state index contributed by atoms with van der Waals surface area (Å²) in [7, 11) is -2.86. The van der Waals surface area contributed by atoms with Crippen molar-refractivity contribution in [3.8, 4) is 17.4 Å². The van der Waals surface area contributed by atoms with E-state index in [0.29, 0.717) is 5.56 Å². The fraction of sp³-hybridized carbons (Fsp3) is 0.200. The largest absolute Gasteiger partial charge is 0.434 e. The van der Waals surface area contributed by atoms with E-state index >= 15 is 0 Å². The first-order valence-corrected chi connectivity index (χ1v) is 11.3. The number of nitrogens with one attached hydrogen (secondary N) is 2. The van der Waals surface area contributed by atoms with Gasteiger partial charge in [-0.2, -0.15) is 13.5 Å². The number of amides is 1. The highest BCUT2D eigenvalue weighted by atomic mass is 32.2. The van der Waals surface area contributed by atoms with Gasteiger partial charge in [0.15, 0.2) is 23.2 Å². The van der Waals surface area contributed by atoms with Gasteiger partial charge in [-0.15, -0.1) is 5.10 Å². The van der Waals surface area contributed by atoms with E-state index in [1.54, 1.807) is 13.0 Å². The predicted molar refractivity (Wildman–Crippen MR) is 114 cm³/mol. The number of ether oxygens (including phenoxy) is 2. The lowest BCUT2D eigenvalue weighted by molar-refractivity contribution is 0.116. The van der Waals surface area contributed by atoms with Crippen molar-refractivity contribution >= 4 is 22.1 Å². The SMILES string of the molecule is CNS(=O)(=O)Nc1nccc(CN2C(=O)Oc3cc(Oc4cccnn4)c(F)cc3[C@H]2C)c1F. The Morgan fingerprint density at radius 1 is 1.24 bits per heavy atom. The van der Waals surface area contributed by atoms with Crippen molar-refractivity contribution < 1.29 is 31.5 Å². The third-order valence-electron chi connectivity index (χ3n) is 4.99. The van der Waals surface area contributed by atoms with Crippen molar-refractivity contribution in [2.75, 3.05) is 11.8 Å². The van der Waals surface area contributed by atoms with Crippen LogP contribution in [0, 0.1) is 11.6 Å². The molecule has 3 aromatic rings. The molecular weight excluding hydrogens is 474 g/mol. The summed E-state index contributed by atoms with van der Waals surface area (Å²) in [5.41, 5.74) is 0.299. The molecular formula is C20H18F2N6O5S. The van der Waals surface area contributed by atoms with Crippen molar-refractivity contribution in [2.24, 2.45) is 0 Å².